The summed E-state index contributed by atoms with van der Waals surface area (Å²) in [6.45, 7) is 1.59. The van der Waals surface area contributed by atoms with Gasteiger partial charge in [-0.1, -0.05) is 5.57 Å². The molecule has 3 aliphatic rings. The number of nitrogens with two attached hydrogens (primary N) is 1. The molecule has 1 aliphatic carbocycles. The topological polar surface area (TPSA) is 50.5 Å². The van der Waals surface area contributed by atoms with Gasteiger partial charge < -0.3 is 20.7 Å². The number of hydrogen-bond acceptors (Lipinski definition) is 4. The minimum absolute atomic E-state index is 0.162. The molecular formula is C19H26FN3O. The van der Waals surface area contributed by atoms with E-state index < -0.39 is 0 Å². The van der Waals surface area contributed by atoms with Crippen molar-refractivity contribution in [1.82, 2.24) is 0 Å². The molecule has 130 valence electrons. The summed E-state index contributed by atoms with van der Waals surface area (Å²) in [5.41, 5.74) is 8.78. The van der Waals surface area contributed by atoms with Gasteiger partial charge >= 0.3 is 0 Å². The fourth-order valence-corrected chi connectivity index (χ4v) is 4.01. The highest BCUT2D eigenvalue weighted by Gasteiger charge is 2.34. The van der Waals surface area contributed by atoms with E-state index in [2.05, 4.69) is 10.2 Å². The first kappa shape index (κ1) is 15.9. The molecule has 0 amide bonds. The third-order valence-electron chi connectivity index (χ3n) is 5.45. The van der Waals surface area contributed by atoms with Crippen LogP contribution in [0.2, 0.25) is 0 Å². The molecule has 2 unspecified atom stereocenters. The number of benzene rings is 1. The Balaban J connectivity index is 1.41. The summed E-state index contributed by atoms with van der Waals surface area (Å²) < 4.78 is 20.4. The molecule has 24 heavy (non-hydrogen) atoms. The van der Waals surface area contributed by atoms with E-state index in [0.29, 0.717) is 11.7 Å². The van der Waals surface area contributed by atoms with Crippen LogP contribution in [0, 0.1) is 5.82 Å². The molecule has 1 saturated carbocycles. The van der Waals surface area contributed by atoms with Crippen LogP contribution in [0.3, 0.4) is 0 Å². The lowest BCUT2D eigenvalue weighted by Gasteiger charge is -2.34. The standard InChI is InChI=1S/C19H26FN3O/c20-18-9-15(22-10-13-1-3-14(21)4-2-13)5-8-19(18)23-11-16-6-7-17(12-23)24-16/h5,8-10,14,16-17,22H,1-4,6-7,11-12,21H2. The molecule has 4 rings (SSSR count). The SMILES string of the molecule is NC1CCC(=CNc2ccc(N3CC4CCC(C3)O4)c(F)c2)CC1. The quantitative estimate of drug-likeness (QED) is 0.891. The Hall–Kier alpha value is -1.59. The summed E-state index contributed by atoms with van der Waals surface area (Å²) in [7, 11) is 0. The largest absolute Gasteiger partial charge is 0.371 e. The summed E-state index contributed by atoms with van der Waals surface area (Å²) in [5.74, 6) is -0.162. The number of nitrogens with zero attached hydrogens (tertiary/aromatic N) is 1. The Kier molecular flexibility index (Phi) is 4.46. The van der Waals surface area contributed by atoms with Crippen LogP contribution in [0.15, 0.2) is 30.0 Å². The number of nitrogens with one attached hydrogen (secondary N) is 1. The fourth-order valence-electron chi connectivity index (χ4n) is 4.01. The van der Waals surface area contributed by atoms with Crippen molar-refractivity contribution in [1.29, 1.82) is 0 Å². The van der Waals surface area contributed by atoms with Crippen LogP contribution in [-0.2, 0) is 4.74 Å². The number of anilines is 2. The number of hydrogen-bond donors (Lipinski definition) is 2. The van der Waals surface area contributed by atoms with Gasteiger partial charge in [0.2, 0.25) is 0 Å². The molecule has 4 nitrogen and oxygen atoms in total. The van der Waals surface area contributed by atoms with E-state index in [-0.39, 0.29) is 18.0 Å². The summed E-state index contributed by atoms with van der Waals surface area (Å²) in [5, 5.41) is 3.24. The lowest BCUT2D eigenvalue weighted by atomic mass is 9.92. The van der Waals surface area contributed by atoms with Gasteiger partial charge in [-0.3, -0.25) is 0 Å². The maximum atomic E-state index is 14.6. The molecule has 0 spiro atoms. The molecule has 2 saturated heterocycles. The number of morpholine rings is 1. The van der Waals surface area contributed by atoms with Crippen molar-refractivity contribution >= 4 is 11.4 Å². The van der Waals surface area contributed by atoms with Gasteiger partial charge in [-0.15, -0.1) is 0 Å². The normalized spacial score (nSPS) is 29.7. The molecule has 1 aromatic rings. The lowest BCUT2D eigenvalue weighted by molar-refractivity contribution is 0.0303. The highest BCUT2D eigenvalue weighted by atomic mass is 19.1. The second kappa shape index (κ2) is 6.73. The minimum atomic E-state index is -0.162. The summed E-state index contributed by atoms with van der Waals surface area (Å²) in [4.78, 5) is 2.13. The zero-order chi connectivity index (χ0) is 16.5. The van der Waals surface area contributed by atoms with E-state index in [1.807, 2.05) is 18.3 Å². The van der Waals surface area contributed by atoms with Crippen molar-refractivity contribution in [2.45, 2.75) is 56.8 Å². The highest BCUT2D eigenvalue weighted by molar-refractivity contribution is 5.57. The highest BCUT2D eigenvalue weighted by Crippen LogP contribution is 2.32. The fraction of sp³-hybridized carbons (Fsp3) is 0.579. The Labute approximate surface area is 142 Å². The third-order valence-corrected chi connectivity index (χ3v) is 5.45. The van der Waals surface area contributed by atoms with E-state index in [0.717, 1.165) is 57.3 Å². The molecule has 2 atom stereocenters. The van der Waals surface area contributed by atoms with Crippen molar-refractivity contribution in [3.8, 4) is 0 Å². The maximum absolute atomic E-state index is 14.6. The molecule has 3 N–H and O–H groups in total. The molecule has 1 aromatic carbocycles. The monoisotopic (exact) mass is 331 g/mol. The van der Waals surface area contributed by atoms with Gasteiger partial charge in [0.15, 0.2) is 0 Å². The predicted octanol–water partition coefficient (Wildman–Crippen LogP) is 3.39. The second-order valence-electron chi connectivity index (χ2n) is 7.31. The Bertz CT molecular complexity index is 611. The van der Waals surface area contributed by atoms with Gasteiger partial charge in [0.1, 0.15) is 5.82 Å². The average Bonchev–Trinajstić information content (AvgIpc) is 2.92. The van der Waals surface area contributed by atoms with Crippen LogP contribution in [0.25, 0.3) is 0 Å². The van der Waals surface area contributed by atoms with Crippen LogP contribution in [0.1, 0.15) is 38.5 Å². The van der Waals surface area contributed by atoms with Gasteiger partial charge in [-0.05, 0) is 56.7 Å². The van der Waals surface area contributed by atoms with Crippen LogP contribution in [0.4, 0.5) is 15.8 Å². The van der Waals surface area contributed by atoms with Gasteiger partial charge in [-0.2, -0.15) is 0 Å². The van der Waals surface area contributed by atoms with Gasteiger partial charge in [0.05, 0.1) is 17.9 Å². The van der Waals surface area contributed by atoms with Crippen molar-refractivity contribution < 1.29 is 9.13 Å². The smallest absolute Gasteiger partial charge is 0.148 e. The maximum Gasteiger partial charge on any atom is 0.148 e. The van der Waals surface area contributed by atoms with Crippen molar-refractivity contribution in [3.05, 3.63) is 35.8 Å². The van der Waals surface area contributed by atoms with Crippen molar-refractivity contribution in [2.75, 3.05) is 23.3 Å². The minimum Gasteiger partial charge on any atom is -0.371 e. The Morgan fingerprint density at radius 3 is 2.50 bits per heavy atom. The van der Waals surface area contributed by atoms with E-state index in [1.54, 1.807) is 6.07 Å². The van der Waals surface area contributed by atoms with Crippen LogP contribution >= 0.6 is 0 Å². The number of ether oxygens (including phenoxy) is 1. The van der Waals surface area contributed by atoms with Gasteiger partial charge in [0.25, 0.3) is 0 Å². The van der Waals surface area contributed by atoms with Crippen LogP contribution in [-0.4, -0.2) is 31.3 Å². The predicted molar refractivity (Wildman–Crippen MR) is 94.7 cm³/mol. The first-order valence-corrected chi connectivity index (χ1v) is 9.07. The summed E-state index contributed by atoms with van der Waals surface area (Å²) in [6, 6.07) is 5.78. The molecule has 2 heterocycles. The molecule has 2 aliphatic heterocycles. The zero-order valence-corrected chi connectivity index (χ0v) is 14.0. The number of fused-ring (bicyclic) bond motifs is 2. The van der Waals surface area contributed by atoms with Crippen molar-refractivity contribution in [3.63, 3.8) is 0 Å². The first-order chi connectivity index (χ1) is 11.7. The Morgan fingerprint density at radius 1 is 1.12 bits per heavy atom. The van der Waals surface area contributed by atoms with Gasteiger partial charge in [0, 0.05) is 31.0 Å². The molecule has 3 fully saturated rings. The lowest BCUT2D eigenvalue weighted by Crippen LogP contribution is -2.43. The van der Waals surface area contributed by atoms with Crippen molar-refractivity contribution in [2.24, 2.45) is 5.73 Å². The average molecular weight is 331 g/mol. The molecule has 5 heteroatoms. The molecule has 2 bridgehead atoms. The second-order valence-corrected chi connectivity index (χ2v) is 7.31. The van der Waals surface area contributed by atoms with E-state index in [9.17, 15) is 4.39 Å². The van der Waals surface area contributed by atoms with Crippen LogP contribution < -0.4 is 16.0 Å². The number of rotatable bonds is 3. The summed E-state index contributed by atoms with van der Waals surface area (Å²) >= 11 is 0. The van der Waals surface area contributed by atoms with Crippen LogP contribution in [0.5, 0.6) is 0 Å². The molecule has 0 aromatic heterocycles. The Morgan fingerprint density at radius 2 is 1.83 bits per heavy atom. The summed E-state index contributed by atoms with van der Waals surface area (Å²) in [6.07, 6.45) is 8.90. The van der Waals surface area contributed by atoms with E-state index in [4.69, 9.17) is 10.5 Å². The zero-order valence-electron chi connectivity index (χ0n) is 14.0. The molecule has 0 radical (unpaired) electrons. The number of allylic oxidation sites excluding steroid dienone is 1. The van der Waals surface area contributed by atoms with Gasteiger partial charge in [-0.25, -0.2) is 4.39 Å². The first-order valence-electron chi connectivity index (χ1n) is 9.07. The number of halogens is 1. The third kappa shape index (κ3) is 3.42. The van der Waals surface area contributed by atoms with E-state index in [1.165, 1.54) is 5.57 Å². The molecular weight excluding hydrogens is 305 g/mol. The van der Waals surface area contributed by atoms with E-state index >= 15 is 0 Å².